The third-order valence-electron chi connectivity index (χ3n) is 6.12. The summed E-state index contributed by atoms with van der Waals surface area (Å²) in [5.74, 6) is -1.12. The summed E-state index contributed by atoms with van der Waals surface area (Å²) >= 11 is 0. The molecule has 13 nitrogen and oxygen atoms in total. The highest BCUT2D eigenvalue weighted by atomic mass is 19.1. The summed E-state index contributed by atoms with van der Waals surface area (Å²) < 4.78 is 26.1. The van der Waals surface area contributed by atoms with Crippen molar-refractivity contribution < 1.29 is 33.0 Å². The van der Waals surface area contributed by atoms with E-state index in [0.717, 1.165) is 7.11 Å². The van der Waals surface area contributed by atoms with E-state index in [1.165, 1.54) is 44.5 Å². The lowest BCUT2D eigenvalue weighted by molar-refractivity contribution is -0.123. The second-order valence-electron chi connectivity index (χ2n) is 9.23. The molecule has 2 heterocycles. The van der Waals surface area contributed by atoms with Crippen molar-refractivity contribution in [1.82, 2.24) is 24.3 Å². The van der Waals surface area contributed by atoms with Crippen LogP contribution in [0.5, 0.6) is 0 Å². The molecule has 0 saturated heterocycles. The van der Waals surface area contributed by atoms with Crippen molar-refractivity contribution in [2.75, 3.05) is 33.1 Å². The van der Waals surface area contributed by atoms with Gasteiger partial charge in [0.05, 0.1) is 31.6 Å². The summed E-state index contributed by atoms with van der Waals surface area (Å²) in [6.07, 6.45) is 4.83. The molecule has 0 spiro atoms. The Hall–Kier alpha value is -4.75. The van der Waals surface area contributed by atoms with E-state index in [-0.39, 0.29) is 67.8 Å². The minimum absolute atomic E-state index is 0.0857. The zero-order valence-electron chi connectivity index (χ0n) is 23.3. The van der Waals surface area contributed by atoms with Crippen LogP contribution in [-0.4, -0.2) is 76.9 Å². The third-order valence-corrected chi connectivity index (χ3v) is 6.12. The number of rotatable bonds is 10. The number of likely N-dealkylation sites (N-methyl/N-ethyl adjacent to an activating group) is 1. The molecule has 41 heavy (non-hydrogen) atoms. The summed E-state index contributed by atoms with van der Waals surface area (Å²) in [5.41, 5.74) is 0.0764. The number of anilines is 1. The van der Waals surface area contributed by atoms with Gasteiger partial charge in [0, 0.05) is 26.7 Å². The monoisotopic (exact) mass is 572 g/mol. The fourth-order valence-corrected chi connectivity index (χ4v) is 4.04. The fourth-order valence-electron chi connectivity index (χ4n) is 4.04. The molecule has 3 amide bonds. The Morgan fingerprint density at radius 2 is 2.00 bits per heavy atom. The molecule has 0 aromatic carbocycles. The minimum Gasteiger partial charge on any atom is -0.453 e. The number of allylic oxidation sites excluding steroid dienone is 2. The van der Waals surface area contributed by atoms with Crippen LogP contribution in [0.25, 0.3) is 6.08 Å². The first-order chi connectivity index (χ1) is 19.5. The van der Waals surface area contributed by atoms with E-state index < -0.39 is 29.7 Å². The molecule has 14 heteroatoms. The highest BCUT2D eigenvalue weighted by Gasteiger charge is 2.26. The van der Waals surface area contributed by atoms with Crippen LogP contribution in [0.4, 0.5) is 19.7 Å². The molecule has 0 bridgehead atoms. The van der Waals surface area contributed by atoms with Crippen molar-refractivity contribution in [3.8, 4) is 0 Å². The van der Waals surface area contributed by atoms with Crippen molar-refractivity contribution >= 4 is 35.8 Å². The lowest BCUT2D eigenvalue weighted by Gasteiger charge is -2.17. The first-order valence-corrected chi connectivity index (χ1v) is 12.9. The molecule has 2 aromatic rings. The number of amides is 3. The number of ether oxygens (including phenoxy) is 2. The smallest absolute Gasteiger partial charge is 0.419 e. The number of carbonyl (C=O) groups excluding carboxylic acids is 4. The van der Waals surface area contributed by atoms with Gasteiger partial charge >= 0.3 is 12.2 Å². The molecule has 3 rings (SSSR count). The van der Waals surface area contributed by atoms with E-state index in [4.69, 9.17) is 4.74 Å². The highest BCUT2D eigenvalue weighted by molar-refractivity contribution is 5.96. The molecule has 220 valence electrons. The maximum absolute atomic E-state index is 13.9. The van der Waals surface area contributed by atoms with Crippen LogP contribution in [0.15, 0.2) is 41.1 Å². The first kappa shape index (κ1) is 30.8. The summed E-state index contributed by atoms with van der Waals surface area (Å²) in [4.78, 5) is 68.4. The molecule has 2 N–H and O–H groups in total. The van der Waals surface area contributed by atoms with Crippen LogP contribution in [0.3, 0.4) is 0 Å². The van der Waals surface area contributed by atoms with Gasteiger partial charge in [0.15, 0.2) is 0 Å². The lowest BCUT2D eigenvalue weighted by Crippen LogP contribution is -2.44. The largest absolute Gasteiger partial charge is 0.453 e. The zero-order chi connectivity index (χ0) is 30.1. The Balaban J connectivity index is 1.83. The van der Waals surface area contributed by atoms with Gasteiger partial charge in [0.1, 0.15) is 23.4 Å². The fraction of sp³-hybridized carbons (Fsp3) is 0.407. The standard InChI is InChI=1S/C27H33FN6O7/c1-5-41-27(39)34-21-13-12-17(28)15-20(21)29-22(34)16-33-14-8-10-19(25(33)37)30-24(36)18(31-26(38)40-4)9-6-7-11-23(35)32(2)3/h7-8,10-11,14-15,18H,5-6,9,12-13,16H2,1-4H3,(H,30,36)(H,31,38)/b11-7+/t18-/m0/s1. The molecule has 0 saturated carbocycles. The average Bonchev–Trinajstić information content (AvgIpc) is 3.29. The predicted octanol–water partition coefficient (Wildman–Crippen LogP) is 2.44. The molecular formula is C27H33FN6O7. The van der Waals surface area contributed by atoms with Crippen LogP contribution in [-0.2, 0) is 32.0 Å². The van der Waals surface area contributed by atoms with Crippen molar-refractivity contribution in [2.24, 2.45) is 0 Å². The average molecular weight is 573 g/mol. The number of carbonyl (C=O) groups is 4. The van der Waals surface area contributed by atoms with Gasteiger partial charge in [-0.05, 0) is 50.5 Å². The van der Waals surface area contributed by atoms with Crippen LogP contribution in [0.1, 0.15) is 43.4 Å². The zero-order valence-corrected chi connectivity index (χ0v) is 23.3. The molecule has 1 atom stereocenters. The Morgan fingerprint density at radius 3 is 2.68 bits per heavy atom. The first-order valence-electron chi connectivity index (χ1n) is 12.9. The van der Waals surface area contributed by atoms with Crippen molar-refractivity contribution in [1.29, 1.82) is 0 Å². The number of nitrogens with one attached hydrogen (secondary N) is 2. The SMILES string of the molecule is CCOC(=O)n1c(Cn2cccc(NC(=O)[C@H](CC/C=C/C(=O)N(C)C)NC(=O)OC)c2=O)nc2c1CCC(F)=C2. The van der Waals surface area contributed by atoms with Gasteiger partial charge in [-0.2, -0.15) is 0 Å². The van der Waals surface area contributed by atoms with Gasteiger partial charge in [-0.3, -0.25) is 14.4 Å². The van der Waals surface area contributed by atoms with Gasteiger partial charge < -0.3 is 29.6 Å². The van der Waals surface area contributed by atoms with Crippen molar-refractivity contribution in [2.45, 2.75) is 45.2 Å². The molecule has 0 unspecified atom stereocenters. The van der Waals surface area contributed by atoms with E-state index in [1.54, 1.807) is 27.1 Å². The van der Waals surface area contributed by atoms with Crippen LogP contribution >= 0.6 is 0 Å². The molecule has 0 radical (unpaired) electrons. The maximum atomic E-state index is 13.9. The number of halogens is 1. The number of hydrogen-bond donors (Lipinski definition) is 2. The van der Waals surface area contributed by atoms with Gasteiger partial charge in [-0.15, -0.1) is 0 Å². The number of alkyl carbamates (subject to hydrolysis) is 1. The number of hydrogen-bond acceptors (Lipinski definition) is 8. The number of nitrogens with zero attached hydrogens (tertiary/aromatic N) is 4. The Labute approximate surface area is 235 Å². The maximum Gasteiger partial charge on any atom is 0.419 e. The van der Waals surface area contributed by atoms with E-state index in [1.807, 2.05) is 0 Å². The normalized spacial score (nSPS) is 13.1. The number of aromatic nitrogens is 3. The van der Waals surface area contributed by atoms with Crippen molar-refractivity contribution in [3.05, 3.63) is 63.9 Å². The Kier molecular flexibility index (Phi) is 10.6. The van der Waals surface area contributed by atoms with Gasteiger partial charge in [-0.1, -0.05) is 6.08 Å². The molecule has 1 aliphatic rings. The van der Waals surface area contributed by atoms with Gasteiger partial charge in [0.25, 0.3) is 5.56 Å². The molecular weight excluding hydrogens is 539 g/mol. The van der Waals surface area contributed by atoms with Crippen LogP contribution in [0.2, 0.25) is 0 Å². The number of fused-ring (bicyclic) bond motifs is 1. The predicted molar refractivity (Wildman–Crippen MR) is 147 cm³/mol. The number of methoxy groups -OCH3 is 1. The summed E-state index contributed by atoms with van der Waals surface area (Å²) in [6, 6.07) is 1.83. The van der Waals surface area contributed by atoms with Crippen LogP contribution < -0.4 is 16.2 Å². The lowest BCUT2D eigenvalue weighted by atomic mass is 10.1. The summed E-state index contributed by atoms with van der Waals surface area (Å²) in [7, 11) is 4.35. The van der Waals surface area contributed by atoms with E-state index in [0.29, 0.717) is 5.69 Å². The second kappa shape index (κ2) is 14.1. The van der Waals surface area contributed by atoms with Crippen molar-refractivity contribution in [3.63, 3.8) is 0 Å². The Bertz CT molecular complexity index is 1430. The molecule has 1 aliphatic carbocycles. The van der Waals surface area contributed by atoms with Gasteiger partial charge in [-0.25, -0.2) is 23.5 Å². The molecule has 2 aromatic heterocycles. The molecule has 0 fully saturated rings. The minimum atomic E-state index is -1.08. The van der Waals surface area contributed by atoms with E-state index in [9.17, 15) is 28.4 Å². The van der Waals surface area contributed by atoms with Gasteiger partial charge in [0.2, 0.25) is 11.8 Å². The summed E-state index contributed by atoms with van der Waals surface area (Å²) in [6.45, 7) is 1.59. The highest BCUT2D eigenvalue weighted by Crippen LogP contribution is 2.26. The quantitative estimate of drug-likeness (QED) is 0.412. The summed E-state index contributed by atoms with van der Waals surface area (Å²) in [5, 5.41) is 4.95. The molecule has 0 aliphatic heterocycles. The topological polar surface area (TPSA) is 154 Å². The third kappa shape index (κ3) is 7.90. The van der Waals surface area contributed by atoms with E-state index in [2.05, 4.69) is 20.4 Å². The Morgan fingerprint density at radius 1 is 1.24 bits per heavy atom. The van der Waals surface area contributed by atoms with Crippen LogP contribution in [0, 0.1) is 0 Å². The van der Waals surface area contributed by atoms with E-state index >= 15 is 0 Å². The number of imidazole rings is 1. The second-order valence-corrected chi connectivity index (χ2v) is 9.23. The number of pyridine rings is 1.